The summed E-state index contributed by atoms with van der Waals surface area (Å²) in [4.78, 5) is 18.6. The van der Waals surface area contributed by atoms with Crippen molar-refractivity contribution in [2.45, 2.75) is 6.92 Å². The van der Waals surface area contributed by atoms with E-state index in [0.29, 0.717) is 25.3 Å². The van der Waals surface area contributed by atoms with Gasteiger partial charge in [-0.3, -0.25) is 9.48 Å². The molecule has 0 spiro atoms. The number of rotatable bonds is 8. The fraction of sp³-hybridized carbons (Fsp3) is 0.389. The first-order valence-electron chi connectivity index (χ1n) is 8.48. The number of carbonyl (C=O) groups is 1. The zero-order chi connectivity index (χ0) is 18.5. The highest BCUT2D eigenvalue weighted by Gasteiger charge is 2.19. The Balaban J connectivity index is 0.00000196. The van der Waals surface area contributed by atoms with Gasteiger partial charge in [0.2, 0.25) is 0 Å². The molecular weight excluding hydrogens is 421 g/mol. The summed E-state index contributed by atoms with van der Waals surface area (Å²) < 4.78 is 6.71. The summed E-state index contributed by atoms with van der Waals surface area (Å²) in [6, 6.07) is 5.84. The highest BCUT2D eigenvalue weighted by Crippen LogP contribution is 2.29. The number of hydrogen-bond donors (Lipinski definition) is 2. The van der Waals surface area contributed by atoms with Crippen LogP contribution in [0.2, 0.25) is 0 Å². The zero-order valence-electron chi connectivity index (χ0n) is 16.0. The topological polar surface area (TPSA) is 81.1 Å². The summed E-state index contributed by atoms with van der Waals surface area (Å²) in [5, 5.41) is 13.4. The Bertz CT molecular complexity index is 899. The van der Waals surface area contributed by atoms with Gasteiger partial charge in [-0.05, 0) is 24.4 Å². The van der Waals surface area contributed by atoms with E-state index < -0.39 is 0 Å². The lowest BCUT2D eigenvalue weighted by Crippen LogP contribution is -2.33. The SMILES string of the molecule is COCCNCCNC(=O)c1cc(-c2cccs2)nc2c1c(C)nn2C.Cl.Cl. The van der Waals surface area contributed by atoms with Crippen molar-refractivity contribution in [3.8, 4) is 10.6 Å². The first-order valence-corrected chi connectivity index (χ1v) is 9.36. The van der Waals surface area contributed by atoms with Gasteiger partial charge >= 0.3 is 0 Å². The molecule has 0 fully saturated rings. The van der Waals surface area contributed by atoms with E-state index in [1.807, 2.05) is 37.6 Å². The number of fused-ring (bicyclic) bond motifs is 1. The summed E-state index contributed by atoms with van der Waals surface area (Å²) in [6.45, 7) is 4.54. The highest BCUT2D eigenvalue weighted by atomic mass is 35.5. The van der Waals surface area contributed by atoms with Gasteiger partial charge in [0, 0.05) is 33.8 Å². The van der Waals surface area contributed by atoms with E-state index in [1.165, 1.54) is 0 Å². The number of aryl methyl sites for hydroxylation is 2. The molecule has 0 aromatic carbocycles. The fourth-order valence-electron chi connectivity index (χ4n) is 2.83. The first-order chi connectivity index (χ1) is 12.6. The van der Waals surface area contributed by atoms with Crippen LogP contribution in [0.15, 0.2) is 23.6 Å². The number of nitrogens with one attached hydrogen (secondary N) is 2. The number of thiophene rings is 1. The van der Waals surface area contributed by atoms with Crippen molar-refractivity contribution < 1.29 is 9.53 Å². The Labute approximate surface area is 180 Å². The van der Waals surface area contributed by atoms with Crippen molar-refractivity contribution in [3.05, 3.63) is 34.8 Å². The molecule has 0 unspecified atom stereocenters. The summed E-state index contributed by atoms with van der Waals surface area (Å²) in [5.41, 5.74) is 2.92. The van der Waals surface area contributed by atoms with Gasteiger partial charge in [0.15, 0.2) is 5.65 Å². The number of methoxy groups -OCH3 is 1. The molecule has 0 saturated carbocycles. The molecule has 3 aromatic heterocycles. The Morgan fingerprint density at radius 3 is 2.75 bits per heavy atom. The summed E-state index contributed by atoms with van der Waals surface area (Å²) in [5.74, 6) is -0.111. The van der Waals surface area contributed by atoms with E-state index in [0.717, 1.165) is 33.8 Å². The van der Waals surface area contributed by atoms with E-state index in [1.54, 1.807) is 23.1 Å². The van der Waals surface area contributed by atoms with Gasteiger partial charge in [0.25, 0.3) is 5.91 Å². The number of aromatic nitrogens is 3. The predicted molar refractivity (Wildman–Crippen MR) is 118 cm³/mol. The Morgan fingerprint density at radius 2 is 2.07 bits per heavy atom. The van der Waals surface area contributed by atoms with Crippen LogP contribution in [0.25, 0.3) is 21.6 Å². The number of halogens is 2. The molecule has 0 saturated heterocycles. The van der Waals surface area contributed by atoms with Gasteiger partial charge in [-0.25, -0.2) is 4.98 Å². The van der Waals surface area contributed by atoms with Crippen molar-refractivity contribution in [1.29, 1.82) is 0 Å². The Kier molecular flexibility index (Phi) is 9.84. The molecule has 0 aliphatic rings. The van der Waals surface area contributed by atoms with Crippen molar-refractivity contribution in [1.82, 2.24) is 25.4 Å². The lowest BCUT2D eigenvalue weighted by atomic mass is 10.1. The van der Waals surface area contributed by atoms with Crippen molar-refractivity contribution >= 4 is 53.1 Å². The number of carbonyl (C=O) groups excluding carboxylic acids is 1. The Morgan fingerprint density at radius 1 is 1.29 bits per heavy atom. The van der Waals surface area contributed by atoms with E-state index in [4.69, 9.17) is 9.72 Å². The quantitative estimate of drug-likeness (QED) is 0.520. The van der Waals surface area contributed by atoms with E-state index in [-0.39, 0.29) is 30.7 Å². The lowest BCUT2D eigenvalue weighted by molar-refractivity contribution is 0.0955. The molecular formula is C18H25Cl2N5O2S. The molecule has 3 heterocycles. The summed E-state index contributed by atoms with van der Waals surface area (Å²) in [6.07, 6.45) is 0. The van der Waals surface area contributed by atoms with Crippen LogP contribution in [0.4, 0.5) is 0 Å². The standard InChI is InChI=1S/C18H23N5O2S.2ClH/c1-12-16-13(18(24)20-7-6-19-8-9-25-3)11-14(15-5-4-10-26-15)21-17(16)23(2)22-12;;/h4-5,10-11,19H,6-9H2,1-3H3,(H,20,24);2*1H. The predicted octanol–water partition coefficient (Wildman–Crippen LogP) is 2.81. The second kappa shape index (κ2) is 11.3. The van der Waals surface area contributed by atoms with Crippen LogP contribution in [-0.2, 0) is 11.8 Å². The van der Waals surface area contributed by atoms with E-state index >= 15 is 0 Å². The van der Waals surface area contributed by atoms with Gasteiger partial charge in [-0.15, -0.1) is 36.2 Å². The largest absolute Gasteiger partial charge is 0.383 e. The molecule has 0 atom stereocenters. The maximum absolute atomic E-state index is 12.8. The molecule has 0 radical (unpaired) electrons. The minimum Gasteiger partial charge on any atom is -0.383 e. The zero-order valence-corrected chi connectivity index (χ0v) is 18.5. The second-order valence-corrected chi connectivity index (χ2v) is 6.89. The van der Waals surface area contributed by atoms with E-state index in [9.17, 15) is 4.79 Å². The van der Waals surface area contributed by atoms with Crippen molar-refractivity contribution in [2.75, 3.05) is 33.4 Å². The molecule has 0 aliphatic heterocycles. The van der Waals surface area contributed by atoms with Gasteiger partial charge in [0.1, 0.15) is 0 Å². The number of ether oxygens (including phenoxy) is 1. The van der Waals surface area contributed by atoms with Gasteiger partial charge in [-0.2, -0.15) is 5.10 Å². The van der Waals surface area contributed by atoms with Gasteiger partial charge < -0.3 is 15.4 Å². The van der Waals surface area contributed by atoms with Crippen LogP contribution in [0, 0.1) is 6.92 Å². The van der Waals surface area contributed by atoms with Crippen LogP contribution in [-0.4, -0.2) is 54.0 Å². The molecule has 0 bridgehead atoms. The van der Waals surface area contributed by atoms with Crippen molar-refractivity contribution in [2.24, 2.45) is 7.05 Å². The summed E-state index contributed by atoms with van der Waals surface area (Å²) >= 11 is 1.60. The van der Waals surface area contributed by atoms with E-state index in [2.05, 4.69) is 15.7 Å². The Hall–Kier alpha value is -1.71. The average Bonchev–Trinajstić information content (AvgIpc) is 3.26. The number of pyridine rings is 1. The number of hydrogen-bond acceptors (Lipinski definition) is 6. The molecule has 3 aromatic rings. The molecule has 1 amide bonds. The van der Waals surface area contributed by atoms with Crippen LogP contribution >= 0.6 is 36.2 Å². The molecule has 154 valence electrons. The average molecular weight is 446 g/mol. The third kappa shape index (κ3) is 5.42. The monoisotopic (exact) mass is 445 g/mol. The second-order valence-electron chi connectivity index (χ2n) is 5.94. The summed E-state index contributed by atoms with van der Waals surface area (Å²) in [7, 11) is 3.52. The number of amides is 1. The molecule has 28 heavy (non-hydrogen) atoms. The molecule has 0 aliphatic carbocycles. The van der Waals surface area contributed by atoms with Crippen LogP contribution in [0.5, 0.6) is 0 Å². The maximum atomic E-state index is 12.8. The molecule has 3 rings (SSSR count). The molecule has 7 nitrogen and oxygen atoms in total. The molecule has 10 heteroatoms. The minimum atomic E-state index is -0.111. The van der Waals surface area contributed by atoms with Crippen LogP contribution < -0.4 is 10.6 Å². The lowest BCUT2D eigenvalue weighted by Gasteiger charge is -2.09. The smallest absolute Gasteiger partial charge is 0.252 e. The normalized spacial score (nSPS) is 10.4. The van der Waals surface area contributed by atoms with Gasteiger partial charge in [0.05, 0.1) is 33.8 Å². The third-order valence-electron chi connectivity index (χ3n) is 4.06. The third-order valence-corrected chi connectivity index (χ3v) is 4.95. The fourth-order valence-corrected chi connectivity index (χ4v) is 3.52. The highest BCUT2D eigenvalue weighted by molar-refractivity contribution is 7.13. The first kappa shape index (κ1) is 24.3. The van der Waals surface area contributed by atoms with Crippen molar-refractivity contribution in [3.63, 3.8) is 0 Å². The van der Waals surface area contributed by atoms with Crippen LogP contribution in [0.1, 0.15) is 16.1 Å². The maximum Gasteiger partial charge on any atom is 0.252 e. The minimum absolute atomic E-state index is 0. The van der Waals surface area contributed by atoms with Crippen LogP contribution in [0.3, 0.4) is 0 Å². The number of nitrogens with zero attached hydrogens (tertiary/aromatic N) is 3. The van der Waals surface area contributed by atoms with Gasteiger partial charge in [-0.1, -0.05) is 6.07 Å². The molecule has 2 N–H and O–H groups in total.